The molecular formula is C8H8N2O. The Labute approximate surface area is 64.7 Å². The molecule has 1 aliphatic heterocycles. The average molecular weight is 148 g/mol. The zero-order valence-corrected chi connectivity index (χ0v) is 6.24. The molecule has 56 valence electrons. The van der Waals surface area contributed by atoms with Gasteiger partial charge in [-0.3, -0.25) is 9.98 Å². The van der Waals surface area contributed by atoms with E-state index in [-0.39, 0.29) is 0 Å². The summed E-state index contributed by atoms with van der Waals surface area (Å²) in [4.78, 5) is 8.23. The number of fused-ring (bicyclic) bond motifs is 1. The fourth-order valence-electron chi connectivity index (χ4n) is 0.996. The predicted molar refractivity (Wildman–Crippen MR) is 42.5 cm³/mol. The van der Waals surface area contributed by atoms with E-state index in [9.17, 15) is 0 Å². The van der Waals surface area contributed by atoms with Crippen molar-refractivity contribution in [1.82, 2.24) is 4.98 Å². The van der Waals surface area contributed by atoms with Crippen LogP contribution in [-0.2, 0) is 0 Å². The molecule has 0 aliphatic carbocycles. The summed E-state index contributed by atoms with van der Waals surface area (Å²) in [5.41, 5.74) is 1.88. The normalized spacial score (nSPS) is 14.8. The van der Waals surface area contributed by atoms with Gasteiger partial charge in [0.2, 0.25) is 0 Å². The van der Waals surface area contributed by atoms with Gasteiger partial charge in [-0.15, -0.1) is 0 Å². The maximum absolute atomic E-state index is 5.34. The monoisotopic (exact) mass is 148 g/mol. The first-order valence-electron chi connectivity index (χ1n) is 3.47. The molecule has 0 bridgehead atoms. The van der Waals surface area contributed by atoms with Crippen LogP contribution in [-0.4, -0.2) is 17.3 Å². The first-order chi connectivity index (χ1) is 5.36. The summed E-state index contributed by atoms with van der Waals surface area (Å²) >= 11 is 0. The molecule has 11 heavy (non-hydrogen) atoms. The number of aliphatic imine (C=N–C) groups is 1. The van der Waals surface area contributed by atoms with E-state index in [1.54, 1.807) is 12.4 Å². The minimum absolute atomic E-state index is 0.582. The van der Waals surface area contributed by atoms with E-state index in [1.807, 2.05) is 13.0 Å². The maximum atomic E-state index is 5.34. The second-order valence-electron chi connectivity index (χ2n) is 2.48. The van der Waals surface area contributed by atoms with E-state index in [1.165, 1.54) is 0 Å². The quantitative estimate of drug-likeness (QED) is 0.559. The molecule has 0 amide bonds. The van der Waals surface area contributed by atoms with Gasteiger partial charge in [-0.1, -0.05) is 0 Å². The van der Waals surface area contributed by atoms with Crippen molar-refractivity contribution in [3.8, 4) is 5.75 Å². The number of hydrogen-bond acceptors (Lipinski definition) is 3. The minimum atomic E-state index is 0.582. The zero-order chi connectivity index (χ0) is 7.68. The summed E-state index contributed by atoms with van der Waals surface area (Å²) in [5.74, 6) is 0.776. The molecule has 0 atom stereocenters. The van der Waals surface area contributed by atoms with Gasteiger partial charge in [0.1, 0.15) is 12.3 Å². The van der Waals surface area contributed by atoms with Crippen LogP contribution >= 0.6 is 0 Å². The Morgan fingerprint density at radius 1 is 1.55 bits per heavy atom. The summed E-state index contributed by atoms with van der Waals surface area (Å²) in [6.45, 7) is 2.53. The van der Waals surface area contributed by atoms with Crippen molar-refractivity contribution in [2.45, 2.75) is 6.92 Å². The van der Waals surface area contributed by atoms with Crippen LogP contribution in [0.15, 0.2) is 23.5 Å². The molecule has 0 unspecified atom stereocenters. The number of rotatable bonds is 0. The second-order valence-corrected chi connectivity index (χ2v) is 2.48. The Morgan fingerprint density at radius 2 is 2.45 bits per heavy atom. The van der Waals surface area contributed by atoms with Gasteiger partial charge in [-0.2, -0.15) is 0 Å². The fraction of sp³-hybridized carbons (Fsp3) is 0.250. The Kier molecular flexibility index (Phi) is 1.35. The standard InChI is InChI=1S/C8H8N2O/c1-6-5-11-8-4-9-3-2-7(8)10-6/h2-4H,5H2,1H3. The van der Waals surface area contributed by atoms with Crippen molar-refractivity contribution in [3.05, 3.63) is 18.5 Å². The molecule has 0 N–H and O–H groups in total. The molecule has 1 aromatic rings. The van der Waals surface area contributed by atoms with Gasteiger partial charge in [0, 0.05) is 6.20 Å². The Morgan fingerprint density at radius 3 is 3.36 bits per heavy atom. The molecule has 0 fully saturated rings. The highest BCUT2D eigenvalue weighted by Gasteiger charge is 2.08. The van der Waals surface area contributed by atoms with Crippen LogP contribution in [0.4, 0.5) is 5.69 Å². The van der Waals surface area contributed by atoms with Gasteiger partial charge in [-0.05, 0) is 13.0 Å². The average Bonchev–Trinajstić information content (AvgIpc) is 2.04. The first kappa shape index (κ1) is 6.34. The Bertz CT molecular complexity index is 307. The summed E-state index contributed by atoms with van der Waals surface area (Å²) in [6, 6.07) is 1.85. The molecule has 3 heteroatoms. The number of ether oxygens (including phenoxy) is 1. The van der Waals surface area contributed by atoms with E-state index in [0.717, 1.165) is 17.1 Å². The van der Waals surface area contributed by atoms with Crippen molar-refractivity contribution in [2.75, 3.05) is 6.61 Å². The topological polar surface area (TPSA) is 34.5 Å². The van der Waals surface area contributed by atoms with Crippen molar-refractivity contribution in [3.63, 3.8) is 0 Å². The van der Waals surface area contributed by atoms with Crippen LogP contribution in [0.25, 0.3) is 0 Å². The summed E-state index contributed by atoms with van der Waals surface area (Å²) < 4.78 is 5.34. The van der Waals surface area contributed by atoms with Crippen molar-refractivity contribution in [1.29, 1.82) is 0 Å². The van der Waals surface area contributed by atoms with Crippen LogP contribution in [0.2, 0.25) is 0 Å². The summed E-state index contributed by atoms with van der Waals surface area (Å²) in [7, 11) is 0. The number of pyridine rings is 1. The van der Waals surface area contributed by atoms with E-state index >= 15 is 0 Å². The Hall–Kier alpha value is -1.38. The summed E-state index contributed by atoms with van der Waals surface area (Å²) in [5, 5.41) is 0. The lowest BCUT2D eigenvalue weighted by atomic mass is 10.3. The molecule has 0 aromatic carbocycles. The molecule has 0 saturated carbocycles. The highest BCUT2D eigenvalue weighted by molar-refractivity contribution is 5.88. The summed E-state index contributed by atoms with van der Waals surface area (Å²) in [6.07, 6.45) is 3.40. The van der Waals surface area contributed by atoms with Gasteiger partial charge in [0.05, 0.1) is 11.9 Å². The lowest BCUT2D eigenvalue weighted by Gasteiger charge is -2.13. The van der Waals surface area contributed by atoms with Crippen molar-refractivity contribution in [2.24, 2.45) is 4.99 Å². The molecule has 2 rings (SSSR count). The van der Waals surface area contributed by atoms with Gasteiger partial charge in [-0.25, -0.2) is 0 Å². The molecule has 2 heterocycles. The van der Waals surface area contributed by atoms with Crippen LogP contribution in [0.5, 0.6) is 5.75 Å². The molecule has 1 aromatic heterocycles. The number of hydrogen-bond donors (Lipinski definition) is 0. The van der Waals surface area contributed by atoms with Crippen LogP contribution < -0.4 is 4.74 Å². The van der Waals surface area contributed by atoms with E-state index in [4.69, 9.17) is 4.74 Å². The molecule has 0 saturated heterocycles. The third kappa shape index (κ3) is 1.09. The van der Waals surface area contributed by atoms with Gasteiger partial charge >= 0.3 is 0 Å². The van der Waals surface area contributed by atoms with Gasteiger partial charge in [0.15, 0.2) is 5.75 Å². The SMILES string of the molecule is CC1=Nc2ccncc2OC1. The third-order valence-electron chi connectivity index (χ3n) is 1.51. The molecule has 3 nitrogen and oxygen atoms in total. The van der Waals surface area contributed by atoms with Crippen molar-refractivity contribution >= 4 is 11.4 Å². The fourth-order valence-corrected chi connectivity index (χ4v) is 0.996. The zero-order valence-electron chi connectivity index (χ0n) is 6.24. The second kappa shape index (κ2) is 2.34. The number of nitrogens with zero attached hydrogens (tertiary/aromatic N) is 2. The highest BCUT2D eigenvalue weighted by atomic mass is 16.5. The highest BCUT2D eigenvalue weighted by Crippen LogP contribution is 2.28. The molecule has 0 spiro atoms. The van der Waals surface area contributed by atoms with Crippen LogP contribution in [0, 0.1) is 0 Å². The van der Waals surface area contributed by atoms with E-state index in [2.05, 4.69) is 9.98 Å². The molecular weight excluding hydrogens is 140 g/mol. The third-order valence-corrected chi connectivity index (χ3v) is 1.51. The Balaban J connectivity index is 2.51. The van der Waals surface area contributed by atoms with E-state index < -0.39 is 0 Å². The van der Waals surface area contributed by atoms with Crippen LogP contribution in [0.1, 0.15) is 6.92 Å². The first-order valence-corrected chi connectivity index (χ1v) is 3.47. The predicted octanol–water partition coefficient (Wildman–Crippen LogP) is 1.57. The maximum Gasteiger partial charge on any atom is 0.163 e. The lowest BCUT2D eigenvalue weighted by molar-refractivity contribution is 0.370. The number of aromatic nitrogens is 1. The van der Waals surface area contributed by atoms with Gasteiger partial charge < -0.3 is 4.74 Å². The van der Waals surface area contributed by atoms with Gasteiger partial charge in [0.25, 0.3) is 0 Å². The molecule has 1 aliphatic rings. The van der Waals surface area contributed by atoms with Crippen LogP contribution in [0.3, 0.4) is 0 Å². The largest absolute Gasteiger partial charge is 0.484 e. The van der Waals surface area contributed by atoms with E-state index in [0.29, 0.717) is 6.61 Å². The lowest BCUT2D eigenvalue weighted by Crippen LogP contribution is -2.11. The van der Waals surface area contributed by atoms with Crippen molar-refractivity contribution < 1.29 is 4.74 Å². The minimum Gasteiger partial charge on any atom is -0.484 e. The smallest absolute Gasteiger partial charge is 0.163 e. The molecule has 0 radical (unpaired) electrons.